The Morgan fingerprint density at radius 2 is 2.27 bits per heavy atom. The fraction of sp³-hybridized carbons (Fsp3) is 0.650. The Labute approximate surface area is 162 Å². The van der Waals surface area contributed by atoms with E-state index < -0.39 is 0 Å². The molecule has 144 valence electrons. The summed E-state index contributed by atoms with van der Waals surface area (Å²) in [6.07, 6.45) is 3.88. The molecule has 2 N–H and O–H groups in total. The normalized spacial score (nSPS) is 23.3. The molecule has 0 aromatic heterocycles. The van der Waals surface area contributed by atoms with Crippen LogP contribution in [0, 0.1) is 5.92 Å². The average Bonchev–Trinajstić information content (AvgIpc) is 3.36. The molecule has 2 heterocycles. The zero-order chi connectivity index (χ0) is 18.2. The molecule has 1 aromatic rings. The monoisotopic (exact) mass is 376 g/mol. The lowest BCUT2D eigenvalue weighted by atomic mass is 10.1. The summed E-state index contributed by atoms with van der Waals surface area (Å²) in [6, 6.07) is 8.35. The van der Waals surface area contributed by atoms with Gasteiger partial charge in [-0.15, -0.1) is 0 Å². The molecule has 2 atom stereocenters. The fourth-order valence-electron chi connectivity index (χ4n) is 3.60. The number of hydrogen-bond donors (Lipinski definition) is 2. The van der Waals surface area contributed by atoms with Gasteiger partial charge < -0.3 is 20.3 Å². The third-order valence-electron chi connectivity index (χ3n) is 5.08. The number of nitrogens with one attached hydrogen (secondary N) is 2. The Kier molecular flexibility index (Phi) is 7.35. The van der Waals surface area contributed by atoms with E-state index in [-0.39, 0.29) is 0 Å². The number of guanidine groups is 1. The van der Waals surface area contributed by atoms with Gasteiger partial charge in [0, 0.05) is 49.7 Å². The number of anilines is 1. The number of methoxy groups -OCH3 is 1. The summed E-state index contributed by atoms with van der Waals surface area (Å²) in [7, 11) is 1.72. The van der Waals surface area contributed by atoms with Crippen molar-refractivity contribution in [1.29, 1.82) is 0 Å². The van der Waals surface area contributed by atoms with E-state index in [4.69, 9.17) is 9.73 Å². The van der Waals surface area contributed by atoms with Crippen LogP contribution in [0.3, 0.4) is 0 Å². The van der Waals surface area contributed by atoms with Crippen LogP contribution in [-0.2, 0) is 0 Å². The zero-order valence-corrected chi connectivity index (χ0v) is 16.9. The molecule has 2 aliphatic heterocycles. The van der Waals surface area contributed by atoms with E-state index in [0.717, 1.165) is 49.7 Å². The van der Waals surface area contributed by atoms with E-state index in [1.165, 1.54) is 30.7 Å². The van der Waals surface area contributed by atoms with Crippen molar-refractivity contribution < 1.29 is 4.74 Å². The molecule has 2 saturated heterocycles. The Hall–Kier alpha value is -1.56. The number of aliphatic imine (C=N–C) groups is 1. The van der Waals surface area contributed by atoms with E-state index in [0.29, 0.717) is 5.92 Å². The van der Waals surface area contributed by atoms with Crippen LogP contribution in [0.4, 0.5) is 5.69 Å². The van der Waals surface area contributed by atoms with E-state index in [2.05, 4.69) is 52.4 Å². The molecule has 0 bridgehead atoms. The lowest BCUT2D eigenvalue weighted by molar-refractivity contribution is 0.415. The van der Waals surface area contributed by atoms with Crippen molar-refractivity contribution in [3.63, 3.8) is 0 Å². The third kappa shape index (κ3) is 5.47. The maximum atomic E-state index is 5.35. The van der Waals surface area contributed by atoms with Gasteiger partial charge >= 0.3 is 0 Å². The smallest absolute Gasteiger partial charge is 0.191 e. The highest BCUT2D eigenvalue weighted by molar-refractivity contribution is 8.00. The minimum atomic E-state index is 0.609. The van der Waals surface area contributed by atoms with Crippen molar-refractivity contribution in [2.45, 2.75) is 31.4 Å². The van der Waals surface area contributed by atoms with Crippen molar-refractivity contribution in [3.8, 4) is 5.75 Å². The van der Waals surface area contributed by atoms with Crippen LogP contribution in [0.25, 0.3) is 0 Å². The molecule has 0 amide bonds. The predicted molar refractivity (Wildman–Crippen MR) is 113 cm³/mol. The summed E-state index contributed by atoms with van der Waals surface area (Å²) >= 11 is 2.08. The summed E-state index contributed by atoms with van der Waals surface area (Å²) in [5.41, 5.74) is 1.25. The van der Waals surface area contributed by atoms with Gasteiger partial charge in [0.25, 0.3) is 0 Å². The molecule has 0 aliphatic carbocycles. The highest BCUT2D eigenvalue weighted by Gasteiger charge is 2.23. The minimum absolute atomic E-state index is 0.609. The molecule has 2 fully saturated rings. The first kappa shape index (κ1) is 19.2. The van der Waals surface area contributed by atoms with Gasteiger partial charge in [0.1, 0.15) is 5.75 Å². The molecule has 0 saturated carbocycles. The average molecular weight is 377 g/mol. The minimum Gasteiger partial charge on any atom is -0.497 e. The van der Waals surface area contributed by atoms with Gasteiger partial charge in [0.15, 0.2) is 5.96 Å². The van der Waals surface area contributed by atoms with Crippen molar-refractivity contribution in [2.24, 2.45) is 10.9 Å². The summed E-state index contributed by atoms with van der Waals surface area (Å²) in [4.78, 5) is 7.29. The van der Waals surface area contributed by atoms with Crippen molar-refractivity contribution in [2.75, 3.05) is 50.5 Å². The van der Waals surface area contributed by atoms with Crippen LogP contribution in [0.1, 0.15) is 26.2 Å². The van der Waals surface area contributed by atoms with E-state index in [9.17, 15) is 0 Å². The predicted octanol–water partition coefficient (Wildman–Crippen LogP) is 2.97. The van der Waals surface area contributed by atoms with Gasteiger partial charge in [-0.25, -0.2) is 0 Å². The van der Waals surface area contributed by atoms with Crippen molar-refractivity contribution in [1.82, 2.24) is 10.6 Å². The third-order valence-corrected chi connectivity index (χ3v) is 6.48. The molecule has 2 unspecified atom stereocenters. The maximum absolute atomic E-state index is 5.35. The second-order valence-corrected chi connectivity index (χ2v) is 8.45. The van der Waals surface area contributed by atoms with Gasteiger partial charge in [-0.3, -0.25) is 4.99 Å². The van der Waals surface area contributed by atoms with Crippen LogP contribution >= 0.6 is 11.8 Å². The van der Waals surface area contributed by atoms with Crippen LogP contribution in [-0.4, -0.2) is 56.8 Å². The first-order chi connectivity index (χ1) is 12.8. The van der Waals surface area contributed by atoms with E-state index in [1.807, 2.05) is 6.07 Å². The van der Waals surface area contributed by atoms with Crippen molar-refractivity contribution in [3.05, 3.63) is 24.3 Å². The molecule has 0 spiro atoms. The quantitative estimate of drug-likeness (QED) is 0.566. The second-order valence-electron chi connectivity index (χ2n) is 7.04. The Bertz CT molecular complexity index is 589. The van der Waals surface area contributed by atoms with Gasteiger partial charge in [0.2, 0.25) is 0 Å². The number of benzene rings is 1. The summed E-state index contributed by atoms with van der Waals surface area (Å²) in [5.74, 6) is 3.81. The van der Waals surface area contributed by atoms with E-state index in [1.54, 1.807) is 7.11 Å². The highest BCUT2D eigenvalue weighted by atomic mass is 32.2. The van der Waals surface area contributed by atoms with Crippen LogP contribution in [0.2, 0.25) is 0 Å². The first-order valence-electron chi connectivity index (χ1n) is 9.81. The topological polar surface area (TPSA) is 48.9 Å². The van der Waals surface area contributed by atoms with Crippen LogP contribution in [0.5, 0.6) is 5.75 Å². The number of nitrogens with zero attached hydrogens (tertiary/aromatic N) is 2. The Morgan fingerprint density at radius 3 is 3.04 bits per heavy atom. The number of thioether (sulfide) groups is 1. The summed E-state index contributed by atoms with van der Waals surface area (Å²) in [6.45, 7) is 7.10. The molecule has 1 aromatic carbocycles. The number of rotatable bonds is 7. The summed E-state index contributed by atoms with van der Waals surface area (Å²) < 4.78 is 5.35. The standard InChI is InChI=1S/C20H32N4OS/c1-3-21-20(23-14-19-8-5-11-26-19)22-13-16-9-10-24(15-16)17-6-4-7-18(12-17)25-2/h4,6-7,12,16,19H,3,5,8-11,13-15H2,1-2H3,(H2,21,22,23). The molecule has 5 nitrogen and oxygen atoms in total. The zero-order valence-electron chi connectivity index (χ0n) is 16.0. The SMILES string of the molecule is CCNC(=NCC1CCN(c2cccc(OC)c2)C1)NCC1CCCS1. The highest BCUT2D eigenvalue weighted by Crippen LogP contribution is 2.27. The molecular formula is C20H32N4OS. The van der Waals surface area contributed by atoms with Gasteiger partial charge in [-0.05, 0) is 50.0 Å². The summed E-state index contributed by atoms with van der Waals surface area (Å²) in [5, 5.41) is 7.66. The fourth-order valence-corrected chi connectivity index (χ4v) is 4.80. The number of hydrogen-bond acceptors (Lipinski definition) is 4. The first-order valence-corrected chi connectivity index (χ1v) is 10.9. The lowest BCUT2D eigenvalue weighted by Gasteiger charge is -2.19. The molecule has 3 rings (SSSR count). The van der Waals surface area contributed by atoms with Crippen molar-refractivity contribution >= 4 is 23.4 Å². The second kappa shape index (κ2) is 9.95. The van der Waals surface area contributed by atoms with E-state index >= 15 is 0 Å². The van der Waals surface area contributed by atoms with Crippen LogP contribution in [0.15, 0.2) is 29.3 Å². The molecule has 0 radical (unpaired) electrons. The maximum Gasteiger partial charge on any atom is 0.191 e. The van der Waals surface area contributed by atoms with Gasteiger partial charge in [0.05, 0.1) is 7.11 Å². The number of ether oxygens (including phenoxy) is 1. The Balaban J connectivity index is 1.49. The van der Waals surface area contributed by atoms with Gasteiger partial charge in [-0.2, -0.15) is 11.8 Å². The Morgan fingerprint density at radius 1 is 1.35 bits per heavy atom. The largest absolute Gasteiger partial charge is 0.497 e. The molecular weight excluding hydrogens is 344 g/mol. The van der Waals surface area contributed by atoms with Gasteiger partial charge in [-0.1, -0.05) is 6.07 Å². The lowest BCUT2D eigenvalue weighted by Crippen LogP contribution is -2.40. The molecule has 6 heteroatoms. The molecule has 26 heavy (non-hydrogen) atoms. The van der Waals surface area contributed by atoms with Crippen LogP contribution < -0.4 is 20.3 Å². The molecule has 2 aliphatic rings.